The van der Waals surface area contributed by atoms with Crippen LogP contribution in [0.2, 0.25) is 0 Å². The van der Waals surface area contributed by atoms with Gasteiger partial charge in [-0.3, -0.25) is 0 Å². The highest BCUT2D eigenvalue weighted by Crippen LogP contribution is 2.22. The fraction of sp³-hybridized carbons (Fsp3) is 0.214. The van der Waals surface area contributed by atoms with E-state index in [-0.39, 0.29) is 5.82 Å². The maximum atomic E-state index is 12.9. The van der Waals surface area contributed by atoms with Gasteiger partial charge in [0.25, 0.3) is 0 Å². The maximum Gasteiger partial charge on any atom is 0.198 e. The van der Waals surface area contributed by atoms with Gasteiger partial charge in [-0.2, -0.15) is 4.99 Å². The van der Waals surface area contributed by atoms with Crippen LogP contribution in [-0.4, -0.2) is 23.0 Å². The number of hydrogen-bond acceptors (Lipinski definition) is 5. The zero-order valence-corrected chi connectivity index (χ0v) is 13.0. The molecule has 0 spiro atoms. The van der Waals surface area contributed by atoms with Crippen LogP contribution >= 0.6 is 15.9 Å². The van der Waals surface area contributed by atoms with E-state index in [1.165, 1.54) is 18.5 Å². The molecular formula is C14H14BrFN4O. The van der Waals surface area contributed by atoms with Gasteiger partial charge in [-0.25, -0.2) is 14.4 Å². The van der Waals surface area contributed by atoms with E-state index in [4.69, 9.17) is 4.74 Å². The van der Waals surface area contributed by atoms with Crippen molar-refractivity contribution in [3.05, 3.63) is 46.4 Å². The van der Waals surface area contributed by atoms with Crippen molar-refractivity contribution < 1.29 is 9.13 Å². The van der Waals surface area contributed by atoms with Crippen LogP contribution in [0.3, 0.4) is 0 Å². The zero-order valence-electron chi connectivity index (χ0n) is 11.4. The highest BCUT2D eigenvalue weighted by Gasteiger charge is 2.05. The number of aromatic nitrogens is 2. The molecule has 0 saturated carbocycles. The lowest BCUT2D eigenvalue weighted by atomic mass is 10.2. The number of halogens is 2. The number of anilines is 1. The topological polar surface area (TPSA) is 59.4 Å². The minimum atomic E-state index is -0.261. The summed E-state index contributed by atoms with van der Waals surface area (Å²) in [5.74, 6) is 0.682. The highest BCUT2D eigenvalue weighted by atomic mass is 79.9. The predicted octanol–water partition coefficient (Wildman–Crippen LogP) is 3.69. The first kappa shape index (κ1) is 15.4. The molecule has 1 heterocycles. The van der Waals surface area contributed by atoms with Crippen molar-refractivity contribution in [2.45, 2.75) is 13.5 Å². The number of ether oxygens (including phenoxy) is 1. The monoisotopic (exact) mass is 352 g/mol. The van der Waals surface area contributed by atoms with Gasteiger partial charge in [-0.1, -0.05) is 12.1 Å². The maximum absolute atomic E-state index is 12.9. The molecule has 0 fully saturated rings. The third-order valence-electron chi connectivity index (χ3n) is 2.51. The van der Waals surface area contributed by atoms with Crippen molar-refractivity contribution in [1.29, 1.82) is 0 Å². The highest BCUT2D eigenvalue weighted by molar-refractivity contribution is 9.10. The molecule has 0 aliphatic carbocycles. The lowest BCUT2D eigenvalue weighted by molar-refractivity contribution is 0.344. The Morgan fingerprint density at radius 1 is 1.38 bits per heavy atom. The van der Waals surface area contributed by atoms with Gasteiger partial charge in [0.2, 0.25) is 0 Å². The van der Waals surface area contributed by atoms with E-state index in [0.717, 1.165) is 5.56 Å². The van der Waals surface area contributed by atoms with Crippen LogP contribution in [0, 0.1) is 5.82 Å². The van der Waals surface area contributed by atoms with E-state index in [1.54, 1.807) is 18.3 Å². The van der Waals surface area contributed by atoms with Crippen molar-refractivity contribution in [2.75, 3.05) is 11.9 Å². The molecule has 0 atom stereocenters. The van der Waals surface area contributed by atoms with Crippen LogP contribution < -0.4 is 5.32 Å². The van der Waals surface area contributed by atoms with Crippen LogP contribution in [0.5, 0.6) is 0 Å². The summed E-state index contributed by atoms with van der Waals surface area (Å²) < 4.78 is 18.5. The summed E-state index contributed by atoms with van der Waals surface area (Å²) in [6.45, 7) is 2.89. The summed E-state index contributed by atoms with van der Waals surface area (Å²) >= 11 is 3.27. The second kappa shape index (κ2) is 7.68. The Morgan fingerprint density at radius 2 is 2.14 bits per heavy atom. The van der Waals surface area contributed by atoms with Crippen molar-refractivity contribution >= 4 is 34.0 Å². The molecule has 2 rings (SSSR count). The quantitative estimate of drug-likeness (QED) is 0.636. The van der Waals surface area contributed by atoms with Gasteiger partial charge >= 0.3 is 0 Å². The third-order valence-corrected chi connectivity index (χ3v) is 2.90. The smallest absolute Gasteiger partial charge is 0.198 e. The van der Waals surface area contributed by atoms with E-state index in [1.807, 2.05) is 6.92 Å². The molecule has 0 radical (unpaired) electrons. The normalized spacial score (nSPS) is 10.8. The first-order valence-corrected chi connectivity index (χ1v) is 7.13. The molecule has 0 saturated heterocycles. The number of rotatable bonds is 6. The van der Waals surface area contributed by atoms with Gasteiger partial charge in [-0.15, -0.1) is 0 Å². The van der Waals surface area contributed by atoms with Crippen LogP contribution in [-0.2, 0) is 11.3 Å². The summed E-state index contributed by atoms with van der Waals surface area (Å²) in [6, 6.07) is 6.24. The molecule has 2 aromatic rings. The Hall–Kier alpha value is -2.02. The van der Waals surface area contributed by atoms with Crippen LogP contribution in [0.1, 0.15) is 12.5 Å². The van der Waals surface area contributed by atoms with Crippen molar-refractivity contribution in [2.24, 2.45) is 4.99 Å². The second-order valence-corrected chi connectivity index (χ2v) is 4.85. The van der Waals surface area contributed by atoms with E-state index in [0.29, 0.717) is 29.4 Å². The molecule has 0 unspecified atom stereocenters. The predicted molar refractivity (Wildman–Crippen MR) is 83.2 cm³/mol. The minimum Gasteiger partial charge on any atom is -0.483 e. The summed E-state index contributed by atoms with van der Waals surface area (Å²) in [5, 5.41) is 3.12. The molecule has 0 bridgehead atoms. The standard InChI is InChI=1S/C14H14BrFN4O/c1-2-21-9-19-13-14(20-12(15)8-18-13)17-7-10-3-5-11(16)6-4-10/h3-6,8-9H,2,7H2,1H3,(H,17,20). The van der Waals surface area contributed by atoms with Gasteiger partial charge in [-0.05, 0) is 40.5 Å². The van der Waals surface area contributed by atoms with Crippen LogP contribution in [0.25, 0.3) is 0 Å². The SMILES string of the molecule is CCOC=Nc1ncc(Br)nc1NCc1ccc(F)cc1. The summed E-state index contributed by atoms with van der Waals surface area (Å²) in [6.07, 6.45) is 2.89. The summed E-state index contributed by atoms with van der Waals surface area (Å²) in [7, 11) is 0. The van der Waals surface area contributed by atoms with E-state index in [2.05, 4.69) is 36.2 Å². The lowest BCUT2D eigenvalue weighted by Crippen LogP contribution is -2.03. The summed E-state index contributed by atoms with van der Waals surface area (Å²) in [5.41, 5.74) is 0.929. The lowest BCUT2D eigenvalue weighted by Gasteiger charge is -2.08. The average molecular weight is 353 g/mol. The molecule has 1 aromatic heterocycles. The Morgan fingerprint density at radius 3 is 2.86 bits per heavy atom. The zero-order chi connectivity index (χ0) is 15.1. The Bertz CT molecular complexity index is 619. The van der Waals surface area contributed by atoms with Crippen LogP contribution in [0.4, 0.5) is 16.0 Å². The fourth-order valence-corrected chi connectivity index (χ4v) is 1.80. The molecule has 7 heteroatoms. The van der Waals surface area contributed by atoms with E-state index >= 15 is 0 Å². The molecule has 0 aliphatic rings. The molecule has 1 aromatic carbocycles. The number of aliphatic imine (C=N–C) groups is 1. The third kappa shape index (κ3) is 4.78. The van der Waals surface area contributed by atoms with Crippen molar-refractivity contribution in [3.63, 3.8) is 0 Å². The summed E-state index contributed by atoms with van der Waals surface area (Å²) in [4.78, 5) is 12.6. The molecule has 0 amide bonds. The minimum absolute atomic E-state index is 0.261. The molecule has 5 nitrogen and oxygen atoms in total. The van der Waals surface area contributed by atoms with Crippen molar-refractivity contribution in [3.8, 4) is 0 Å². The van der Waals surface area contributed by atoms with Gasteiger partial charge in [0.05, 0.1) is 12.8 Å². The second-order valence-electron chi connectivity index (χ2n) is 4.03. The first-order chi connectivity index (χ1) is 10.2. The van der Waals surface area contributed by atoms with Gasteiger partial charge in [0, 0.05) is 6.54 Å². The average Bonchev–Trinajstić information content (AvgIpc) is 2.49. The Balaban J connectivity index is 2.10. The van der Waals surface area contributed by atoms with E-state index < -0.39 is 0 Å². The molecule has 110 valence electrons. The number of benzene rings is 1. The molecule has 21 heavy (non-hydrogen) atoms. The number of nitrogens with zero attached hydrogens (tertiary/aromatic N) is 3. The van der Waals surface area contributed by atoms with Crippen LogP contribution in [0.15, 0.2) is 40.1 Å². The number of nitrogens with one attached hydrogen (secondary N) is 1. The Labute approximate surface area is 130 Å². The van der Waals surface area contributed by atoms with Gasteiger partial charge in [0.1, 0.15) is 10.4 Å². The molecular weight excluding hydrogens is 339 g/mol. The molecule has 1 N–H and O–H groups in total. The molecule has 0 aliphatic heterocycles. The number of hydrogen-bond donors (Lipinski definition) is 1. The largest absolute Gasteiger partial charge is 0.483 e. The first-order valence-electron chi connectivity index (χ1n) is 6.34. The van der Waals surface area contributed by atoms with Crippen molar-refractivity contribution in [1.82, 2.24) is 9.97 Å². The Kier molecular flexibility index (Phi) is 5.62. The fourth-order valence-electron chi connectivity index (χ4n) is 1.52. The van der Waals surface area contributed by atoms with Gasteiger partial charge < -0.3 is 10.1 Å². The van der Waals surface area contributed by atoms with Gasteiger partial charge in [0.15, 0.2) is 18.0 Å². The van der Waals surface area contributed by atoms with E-state index in [9.17, 15) is 4.39 Å².